The van der Waals surface area contributed by atoms with Crippen LogP contribution in [0.1, 0.15) is 73.6 Å². The molecule has 0 aromatic rings. The number of esters is 2. The quantitative estimate of drug-likeness (QED) is 0.465. The van der Waals surface area contributed by atoms with Gasteiger partial charge in [-0.3, -0.25) is 14.4 Å². The number of carbonyl (C=O) groups is 4. The summed E-state index contributed by atoms with van der Waals surface area (Å²) >= 11 is 0. The Hall–Kier alpha value is -2.32. The van der Waals surface area contributed by atoms with Crippen LogP contribution in [0.3, 0.4) is 0 Å². The van der Waals surface area contributed by atoms with Gasteiger partial charge in [-0.25, -0.2) is 4.79 Å². The van der Waals surface area contributed by atoms with Crippen molar-refractivity contribution in [3.8, 4) is 0 Å². The van der Waals surface area contributed by atoms with E-state index >= 15 is 0 Å². The van der Waals surface area contributed by atoms with E-state index < -0.39 is 41.7 Å². The van der Waals surface area contributed by atoms with Crippen LogP contribution in [0.5, 0.6) is 0 Å². The molecule has 0 unspecified atom stereocenters. The molecule has 0 aromatic carbocycles. The molecule has 3 rings (SSSR count). The van der Waals surface area contributed by atoms with Gasteiger partial charge in [0.15, 0.2) is 0 Å². The lowest BCUT2D eigenvalue weighted by atomic mass is 9.73. The second-order valence-corrected chi connectivity index (χ2v) is 9.74. The minimum absolute atomic E-state index is 0.0233. The van der Waals surface area contributed by atoms with Crippen LogP contribution >= 0.6 is 0 Å². The van der Waals surface area contributed by atoms with Gasteiger partial charge < -0.3 is 24.4 Å². The van der Waals surface area contributed by atoms with Crippen LogP contribution in [-0.4, -0.2) is 65.8 Å². The molecule has 32 heavy (non-hydrogen) atoms. The number of nitrogens with zero attached hydrogens (tertiary/aromatic N) is 1. The van der Waals surface area contributed by atoms with E-state index in [4.69, 9.17) is 14.2 Å². The summed E-state index contributed by atoms with van der Waals surface area (Å²) in [5.74, 6) is -1.72. The largest absolute Gasteiger partial charge is 0.465 e. The van der Waals surface area contributed by atoms with E-state index in [-0.39, 0.29) is 30.9 Å². The molecule has 9 heteroatoms. The highest BCUT2D eigenvalue weighted by atomic mass is 16.6. The molecule has 3 fully saturated rings. The first-order valence-electron chi connectivity index (χ1n) is 11.5. The minimum atomic E-state index is -0.687. The molecule has 2 amide bonds. The Bertz CT molecular complexity index is 703. The van der Waals surface area contributed by atoms with Gasteiger partial charge in [0.2, 0.25) is 5.91 Å². The van der Waals surface area contributed by atoms with Crippen molar-refractivity contribution in [3.63, 3.8) is 0 Å². The zero-order valence-corrected chi connectivity index (χ0v) is 20.1. The molecular weight excluding hydrogens is 416 g/mol. The maximum absolute atomic E-state index is 13.5. The predicted octanol–water partition coefficient (Wildman–Crippen LogP) is 2.80. The second-order valence-electron chi connectivity index (χ2n) is 9.74. The Morgan fingerprint density at radius 2 is 1.81 bits per heavy atom. The number of alkyl carbamates (subject to hydrolysis) is 1. The molecule has 182 valence electrons. The fraction of sp³-hybridized carbons (Fsp3) is 0.826. The van der Waals surface area contributed by atoms with Crippen LogP contribution in [0.4, 0.5) is 4.79 Å². The van der Waals surface area contributed by atoms with Crippen molar-refractivity contribution in [3.05, 3.63) is 0 Å². The molecule has 2 aliphatic heterocycles. The average molecular weight is 455 g/mol. The van der Waals surface area contributed by atoms with Gasteiger partial charge >= 0.3 is 18.0 Å². The van der Waals surface area contributed by atoms with Crippen molar-refractivity contribution in [2.75, 3.05) is 13.2 Å². The van der Waals surface area contributed by atoms with Crippen LogP contribution in [0, 0.1) is 11.8 Å². The molecule has 0 radical (unpaired) electrons. The molecule has 1 aliphatic carbocycles. The molecule has 2 bridgehead atoms. The first-order chi connectivity index (χ1) is 14.9. The summed E-state index contributed by atoms with van der Waals surface area (Å²) in [5, 5.41) is 2.86. The summed E-state index contributed by atoms with van der Waals surface area (Å²) in [6.07, 6.45) is 2.04. The molecule has 3 aliphatic rings. The summed E-state index contributed by atoms with van der Waals surface area (Å²) in [6, 6.07) is -0.761. The number of rotatable bonds is 7. The SMILES string of the molecule is CCCCN1C(=O)[C@@H]2CC[C@H]1[C@@H](COC(C)=O)[C@H](OC(C)=O)C[C@H]2NC(=O)OC(C)(C)C. The van der Waals surface area contributed by atoms with Gasteiger partial charge in [0.25, 0.3) is 0 Å². The lowest BCUT2D eigenvalue weighted by Crippen LogP contribution is -2.62. The van der Waals surface area contributed by atoms with Crippen LogP contribution in [-0.2, 0) is 28.6 Å². The van der Waals surface area contributed by atoms with E-state index in [9.17, 15) is 19.2 Å². The number of piperidine rings is 1. The molecule has 2 heterocycles. The Balaban J connectivity index is 2.40. The normalized spacial score (nSPS) is 27.9. The summed E-state index contributed by atoms with van der Waals surface area (Å²) in [4.78, 5) is 51.3. The standard InChI is InChI=1S/C23H38N2O7/c1-7-8-11-25-19-10-9-16(21(25)28)18(24-22(29)32-23(4,5)6)12-20(31-15(3)27)17(19)13-30-14(2)26/h16-20H,7-13H2,1-6H3,(H,24,29)/t16-,17-,18-,19+,20-/m1/s1. The van der Waals surface area contributed by atoms with Gasteiger partial charge in [0, 0.05) is 38.9 Å². The summed E-state index contributed by atoms with van der Waals surface area (Å²) in [5.41, 5.74) is -0.687. The van der Waals surface area contributed by atoms with Gasteiger partial charge in [0.1, 0.15) is 11.7 Å². The molecule has 2 saturated heterocycles. The lowest BCUT2D eigenvalue weighted by molar-refractivity contribution is -0.166. The van der Waals surface area contributed by atoms with E-state index in [2.05, 4.69) is 12.2 Å². The Labute approximate surface area is 190 Å². The summed E-state index contributed by atoms with van der Waals surface area (Å²) in [6.45, 7) is 10.6. The zero-order chi connectivity index (χ0) is 24.1. The fourth-order valence-electron chi connectivity index (χ4n) is 4.67. The minimum Gasteiger partial charge on any atom is -0.465 e. The van der Waals surface area contributed by atoms with Crippen molar-refractivity contribution < 1.29 is 33.4 Å². The fourth-order valence-corrected chi connectivity index (χ4v) is 4.67. The van der Waals surface area contributed by atoms with Gasteiger partial charge in [-0.1, -0.05) is 13.3 Å². The Morgan fingerprint density at radius 3 is 2.38 bits per heavy atom. The maximum Gasteiger partial charge on any atom is 0.407 e. The van der Waals surface area contributed by atoms with Crippen LogP contribution in [0.25, 0.3) is 0 Å². The van der Waals surface area contributed by atoms with Crippen molar-refractivity contribution in [1.82, 2.24) is 10.2 Å². The Morgan fingerprint density at radius 1 is 1.12 bits per heavy atom. The average Bonchev–Trinajstić information content (AvgIpc) is 2.63. The molecule has 5 atom stereocenters. The van der Waals surface area contributed by atoms with Crippen molar-refractivity contribution in [2.45, 2.75) is 97.4 Å². The highest BCUT2D eigenvalue weighted by Crippen LogP contribution is 2.38. The van der Waals surface area contributed by atoms with E-state index in [1.54, 1.807) is 20.8 Å². The van der Waals surface area contributed by atoms with E-state index in [1.165, 1.54) is 13.8 Å². The predicted molar refractivity (Wildman–Crippen MR) is 117 cm³/mol. The second kappa shape index (κ2) is 11.0. The molecular formula is C23H38N2O7. The lowest BCUT2D eigenvalue weighted by Gasteiger charge is -2.49. The van der Waals surface area contributed by atoms with Gasteiger partial charge in [-0.05, 0) is 40.0 Å². The van der Waals surface area contributed by atoms with Crippen LogP contribution < -0.4 is 5.32 Å². The van der Waals surface area contributed by atoms with Crippen molar-refractivity contribution in [1.29, 1.82) is 0 Å². The van der Waals surface area contributed by atoms with E-state index in [1.807, 2.05) is 4.90 Å². The third-order valence-electron chi connectivity index (χ3n) is 5.97. The number of unbranched alkanes of at least 4 members (excludes halogenated alkanes) is 1. The highest BCUT2D eigenvalue weighted by molar-refractivity contribution is 5.82. The summed E-state index contributed by atoms with van der Waals surface area (Å²) < 4.78 is 16.4. The van der Waals surface area contributed by atoms with Gasteiger partial charge in [0.05, 0.1) is 18.4 Å². The summed E-state index contributed by atoms with van der Waals surface area (Å²) in [7, 11) is 0. The Kier molecular flexibility index (Phi) is 8.92. The number of carbonyl (C=O) groups excluding carboxylic acids is 4. The third kappa shape index (κ3) is 7.10. The number of nitrogens with one attached hydrogen (secondary N) is 1. The molecule has 0 aromatic heterocycles. The van der Waals surface area contributed by atoms with Gasteiger partial charge in [-0.2, -0.15) is 0 Å². The molecule has 1 saturated carbocycles. The zero-order valence-electron chi connectivity index (χ0n) is 20.1. The van der Waals surface area contributed by atoms with Crippen LogP contribution in [0.15, 0.2) is 0 Å². The third-order valence-corrected chi connectivity index (χ3v) is 5.97. The molecule has 0 spiro atoms. The van der Waals surface area contributed by atoms with E-state index in [0.717, 1.165) is 12.8 Å². The monoisotopic (exact) mass is 454 g/mol. The van der Waals surface area contributed by atoms with Gasteiger partial charge in [-0.15, -0.1) is 0 Å². The number of ether oxygens (including phenoxy) is 3. The smallest absolute Gasteiger partial charge is 0.407 e. The number of fused-ring (bicyclic) bond motifs is 5. The maximum atomic E-state index is 13.5. The number of hydrogen-bond donors (Lipinski definition) is 1. The number of hydrogen-bond acceptors (Lipinski definition) is 7. The highest BCUT2D eigenvalue weighted by Gasteiger charge is 2.49. The number of amides is 2. The topological polar surface area (TPSA) is 111 Å². The molecule has 9 nitrogen and oxygen atoms in total. The van der Waals surface area contributed by atoms with E-state index in [0.29, 0.717) is 19.4 Å². The van der Waals surface area contributed by atoms with Crippen molar-refractivity contribution >= 4 is 23.9 Å². The van der Waals surface area contributed by atoms with Crippen LogP contribution in [0.2, 0.25) is 0 Å². The first-order valence-corrected chi connectivity index (χ1v) is 11.5. The first kappa shape index (κ1) is 25.9. The van der Waals surface area contributed by atoms with Crippen molar-refractivity contribution in [2.24, 2.45) is 11.8 Å². The molecule has 1 N–H and O–H groups in total.